The molecule has 1 heterocycles. The van der Waals surface area contributed by atoms with Crippen LogP contribution in [0.5, 0.6) is 11.5 Å². The van der Waals surface area contributed by atoms with Crippen LogP contribution < -0.4 is 9.47 Å². The Balaban J connectivity index is 1.44. The summed E-state index contributed by atoms with van der Waals surface area (Å²) in [5.74, 6) is 1.12. The Kier molecular flexibility index (Phi) is 12.2. The van der Waals surface area contributed by atoms with Crippen LogP contribution >= 0.6 is 0 Å². The van der Waals surface area contributed by atoms with Crippen LogP contribution in [0.25, 0.3) is 11.3 Å². The van der Waals surface area contributed by atoms with E-state index in [0.717, 1.165) is 44.4 Å². The minimum atomic E-state index is -0.420. The van der Waals surface area contributed by atoms with E-state index in [1.165, 1.54) is 57.4 Å². The molecule has 0 bridgehead atoms. The van der Waals surface area contributed by atoms with E-state index in [1.807, 2.05) is 0 Å². The SMILES string of the molecule is CCCCCCCCOc1cnc(-c2ccc(OC(=O)[C@H]3CC[C@H](CCCCC)CC3)cc2)c(F)c1. The van der Waals surface area contributed by atoms with Crippen molar-refractivity contribution in [1.29, 1.82) is 0 Å². The lowest BCUT2D eigenvalue weighted by Gasteiger charge is -2.27. The summed E-state index contributed by atoms with van der Waals surface area (Å²) in [5, 5.41) is 0. The van der Waals surface area contributed by atoms with Crippen molar-refractivity contribution in [1.82, 2.24) is 4.98 Å². The first-order valence-corrected chi connectivity index (χ1v) is 14.2. The lowest BCUT2D eigenvalue weighted by atomic mass is 9.80. The quantitative estimate of drug-likeness (QED) is 0.140. The number of esters is 1. The van der Waals surface area contributed by atoms with Crippen LogP contribution in [0.3, 0.4) is 0 Å². The summed E-state index contributed by atoms with van der Waals surface area (Å²) in [7, 11) is 0. The minimum Gasteiger partial charge on any atom is -0.492 e. The molecule has 0 unspecified atom stereocenters. The van der Waals surface area contributed by atoms with Crippen molar-refractivity contribution >= 4 is 5.97 Å². The summed E-state index contributed by atoms with van der Waals surface area (Å²) in [4.78, 5) is 16.9. The average molecular weight is 498 g/mol. The van der Waals surface area contributed by atoms with Gasteiger partial charge in [-0.2, -0.15) is 0 Å². The predicted octanol–water partition coefficient (Wildman–Crippen LogP) is 8.92. The van der Waals surface area contributed by atoms with Crippen molar-refractivity contribution in [2.45, 2.75) is 104 Å². The zero-order chi connectivity index (χ0) is 25.6. The molecule has 4 nitrogen and oxygen atoms in total. The Hall–Kier alpha value is -2.43. The first-order chi connectivity index (χ1) is 17.6. The highest BCUT2D eigenvalue weighted by atomic mass is 19.1. The summed E-state index contributed by atoms with van der Waals surface area (Å²) < 4.78 is 26.0. The number of nitrogens with zero attached hydrogens (tertiary/aromatic N) is 1. The van der Waals surface area contributed by atoms with Crippen LogP contribution in [-0.4, -0.2) is 17.6 Å². The van der Waals surface area contributed by atoms with Crippen LogP contribution in [0.4, 0.5) is 4.39 Å². The second kappa shape index (κ2) is 15.6. The maximum atomic E-state index is 14.7. The van der Waals surface area contributed by atoms with Crippen molar-refractivity contribution in [2.75, 3.05) is 6.61 Å². The first kappa shape index (κ1) is 28.1. The van der Waals surface area contributed by atoms with Crippen LogP contribution in [-0.2, 0) is 4.79 Å². The van der Waals surface area contributed by atoms with E-state index in [2.05, 4.69) is 18.8 Å². The van der Waals surface area contributed by atoms with Gasteiger partial charge in [0.25, 0.3) is 0 Å². The molecule has 1 saturated carbocycles. The van der Waals surface area contributed by atoms with Gasteiger partial charge in [-0.15, -0.1) is 0 Å². The smallest absolute Gasteiger partial charge is 0.314 e. The number of hydrogen-bond donors (Lipinski definition) is 0. The van der Waals surface area contributed by atoms with Crippen LogP contribution in [0.1, 0.15) is 104 Å². The fraction of sp³-hybridized carbons (Fsp3) is 0.613. The summed E-state index contributed by atoms with van der Waals surface area (Å²) >= 11 is 0. The number of unbranched alkanes of at least 4 members (excludes halogenated alkanes) is 7. The number of benzene rings is 1. The van der Waals surface area contributed by atoms with Gasteiger partial charge in [-0.05, 0) is 62.3 Å². The van der Waals surface area contributed by atoms with E-state index in [1.54, 1.807) is 30.5 Å². The highest BCUT2D eigenvalue weighted by Gasteiger charge is 2.27. The molecule has 2 aromatic rings. The van der Waals surface area contributed by atoms with Gasteiger partial charge in [-0.25, -0.2) is 9.37 Å². The standard InChI is InChI=1S/C31H44FNO3/c1-3-5-7-8-9-11-21-35-28-22-29(32)30(33-23-28)25-17-19-27(20-18-25)36-31(34)26-15-13-24(14-16-26)12-10-6-4-2/h17-20,22-24,26H,3-16,21H2,1-2H3/t24-,26-. The number of aromatic nitrogens is 1. The van der Waals surface area contributed by atoms with Crippen molar-refractivity contribution in [3.8, 4) is 22.8 Å². The van der Waals surface area contributed by atoms with Gasteiger partial charge in [0.15, 0.2) is 5.82 Å². The molecule has 0 saturated heterocycles. The second-order valence-electron chi connectivity index (χ2n) is 10.3. The maximum Gasteiger partial charge on any atom is 0.314 e. The average Bonchev–Trinajstić information content (AvgIpc) is 2.89. The topological polar surface area (TPSA) is 48.4 Å². The van der Waals surface area contributed by atoms with Gasteiger partial charge >= 0.3 is 5.97 Å². The fourth-order valence-electron chi connectivity index (χ4n) is 5.03. The molecule has 0 radical (unpaired) electrons. The van der Waals surface area contributed by atoms with Crippen molar-refractivity contribution in [2.24, 2.45) is 11.8 Å². The molecular formula is C31H44FNO3. The molecule has 0 atom stereocenters. The number of hydrogen-bond acceptors (Lipinski definition) is 4. The number of halogens is 1. The number of rotatable bonds is 15. The van der Waals surface area contributed by atoms with Gasteiger partial charge in [0.05, 0.1) is 18.7 Å². The molecule has 1 aromatic heterocycles. The van der Waals surface area contributed by atoms with Crippen LogP contribution in [0.2, 0.25) is 0 Å². The number of ether oxygens (including phenoxy) is 2. The van der Waals surface area contributed by atoms with Gasteiger partial charge in [0.2, 0.25) is 0 Å². The van der Waals surface area contributed by atoms with E-state index in [0.29, 0.717) is 23.7 Å². The Labute approximate surface area is 217 Å². The Morgan fingerprint density at radius 3 is 2.25 bits per heavy atom. The summed E-state index contributed by atoms with van der Waals surface area (Å²) in [6.07, 6.45) is 17.9. The molecule has 1 fully saturated rings. The molecule has 198 valence electrons. The van der Waals surface area contributed by atoms with Crippen molar-refractivity contribution in [3.63, 3.8) is 0 Å². The summed E-state index contributed by atoms with van der Waals surface area (Å²) in [6.45, 7) is 5.02. The summed E-state index contributed by atoms with van der Waals surface area (Å²) in [6, 6.07) is 8.32. The minimum absolute atomic E-state index is 0.0184. The van der Waals surface area contributed by atoms with E-state index >= 15 is 0 Å². The fourth-order valence-corrected chi connectivity index (χ4v) is 5.03. The Bertz CT molecular complexity index is 907. The monoisotopic (exact) mass is 497 g/mol. The molecular weight excluding hydrogens is 453 g/mol. The van der Waals surface area contributed by atoms with Gasteiger partial charge in [-0.1, -0.05) is 71.6 Å². The molecule has 0 N–H and O–H groups in total. The van der Waals surface area contributed by atoms with E-state index in [4.69, 9.17) is 9.47 Å². The normalized spacial score (nSPS) is 17.6. The van der Waals surface area contributed by atoms with E-state index < -0.39 is 5.82 Å². The molecule has 1 aromatic carbocycles. The highest BCUT2D eigenvalue weighted by molar-refractivity contribution is 5.75. The van der Waals surface area contributed by atoms with E-state index in [9.17, 15) is 9.18 Å². The van der Waals surface area contributed by atoms with Crippen LogP contribution in [0.15, 0.2) is 36.5 Å². The van der Waals surface area contributed by atoms with E-state index in [-0.39, 0.29) is 17.6 Å². The molecule has 0 aliphatic heterocycles. The third-order valence-electron chi connectivity index (χ3n) is 7.32. The number of pyridine rings is 1. The zero-order valence-corrected chi connectivity index (χ0v) is 22.3. The predicted molar refractivity (Wildman–Crippen MR) is 144 cm³/mol. The van der Waals surface area contributed by atoms with Crippen LogP contribution in [0, 0.1) is 17.7 Å². The Morgan fingerprint density at radius 1 is 0.889 bits per heavy atom. The molecule has 0 amide bonds. The second-order valence-corrected chi connectivity index (χ2v) is 10.3. The van der Waals surface area contributed by atoms with Gasteiger partial charge in [0, 0.05) is 11.6 Å². The van der Waals surface area contributed by atoms with Crippen molar-refractivity contribution in [3.05, 3.63) is 42.3 Å². The zero-order valence-electron chi connectivity index (χ0n) is 22.3. The molecule has 3 rings (SSSR count). The molecule has 1 aliphatic carbocycles. The molecule has 0 spiro atoms. The third-order valence-corrected chi connectivity index (χ3v) is 7.32. The maximum absolute atomic E-state index is 14.7. The third kappa shape index (κ3) is 9.22. The summed E-state index contributed by atoms with van der Waals surface area (Å²) in [5.41, 5.74) is 0.906. The van der Waals surface area contributed by atoms with Crippen molar-refractivity contribution < 1.29 is 18.7 Å². The highest BCUT2D eigenvalue weighted by Crippen LogP contribution is 2.33. The van der Waals surface area contributed by atoms with Gasteiger partial charge < -0.3 is 9.47 Å². The largest absolute Gasteiger partial charge is 0.492 e. The molecule has 36 heavy (non-hydrogen) atoms. The lowest BCUT2D eigenvalue weighted by molar-refractivity contribution is -0.140. The molecule has 1 aliphatic rings. The first-order valence-electron chi connectivity index (χ1n) is 14.2. The van der Waals surface area contributed by atoms with Gasteiger partial charge in [-0.3, -0.25) is 4.79 Å². The lowest BCUT2D eigenvalue weighted by Crippen LogP contribution is -2.25. The Morgan fingerprint density at radius 2 is 1.56 bits per heavy atom. The molecule has 5 heteroatoms. The number of carbonyl (C=O) groups excluding carboxylic acids is 1. The number of carbonyl (C=O) groups is 1. The van der Waals surface area contributed by atoms with Gasteiger partial charge in [0.1, 0.15) is 17.2 Å².